The first-order valence-corrected chi connectivity index (χ1v) is 9.66. The number of benzene rings is 2. The van der Waals surface area contributed by atoms with E-state index in [9.17, 15) is 20.1 Å². The average molecular weight is 438 g/mol. The molecule has 0 heterocycles. The first-order chi connectivity index (χ1) is 14.7. The van der Waals surface area contributed by atoms with Gasteiger partial charge in [0.1, 0.15) is 6.07 Å². The summed E-state index contributed by atoms with van der Waals surface area (Å²) in [4.78, 5) is 23.8. The molecule has 0 aliphatic heterocycles. The Bertz CT molecular complexity index is 1090. The predicted molar refractivity (Wildman–Crippen MR) is 117 cm³/mol. The molecule has 0 bridgehead atoms. The number of hydrogen-bond donors (Lipinski definition) is 2. The van der Waals surface area contributed by atoms with E-state index in [0.29, 0.717) is 15.6 Å². The van der Waals surface area contributed by atoms with Crippen LogP contribution in [0.15, 0.2) is 41.5 Å². The minimum absolute atomic E-state index is 0.109. The topological polar surface area (TPSA) is 130 Å². The van der Waals surface area contributed by atoms with Gasteiger partial charge >= 0.3 is 6.09 Å². The van der Waals surface area contributed by atoms with Gasteiger partial charge < -0.3 is 5.11 Å². The zero-order chi connectivity index (χ0) is 23.1. The SMILES string of the molecule is CCN(C(=O)O)C(=O)C(C#N)=NNc1cc(C)c(C(C#N)c2ccc(Cl)cc2)c(C)c1. The highest BCUT2D eigenvalue weighted by atomic mass is 35.5. The lowest BCUT2D eigenvalue weighted by atomic mass is 9.86. The molecule has 8 nitrogen and oxygen atoms in total. The molecule has 0 aromatic heterocycles. The van der Waals surface area contributed by atoms with Crippen molar-refractivity contribution < 1.29 is 14.7 Å². The molecule has 0 aliphatic carbocycles. The van der Waals surface area contributed by atoms with Crippen LogP contribution in [0.1, 0.15) is 35.1 Å². The molecule has 2 amide bonds. The zero-order valence-electron chi connectivity index (χ0n) is 17.2. The van der Waals surface area contributed by atoms with Crippen molar-refractivity contribution in [3.8, 4) is 12.1 Å². The lowest BCUT2D eigenvalue weighted by Crippen LogP contribution is -2.40. The maximum Gasteiger partial charge on any atom is 0.414 e. The highest BCUT2D eigenvalue weighted by molar-refractivity contribution is 6.46. The van der Waals surface area contributed by atoms with Crippen LogP contribution in [-0.4, -0.2) is 34.3 Å². The number of hydrazone groups is 1. The summed E-state index contributed by atoms with van der Waals surface area (Å²) in [7, 11) is 0. The van der Waals surface area contributed by atoms with E-state index in [1.807, 2.05) is 13.8 Å². The Labute approximate surface area is 185 Å². The fraction of sp³-hybridized carbons (Fsp3) is 0.227. The van der Waals surface area contributed by atoms with Crippen molar-refractivity contribution in [3.63, 3.8) is 0 Å². The number of carbonyl (C=O) groups is 2. The normalized spacial score (nSPS) is 11.7. The smallest absolute Gasteiger partial charge is 0.414 e. The van der Waals surface area contributed by atoms with Gasteiger partial charge in [-0.15, -0.1) is 0 Å². The molecule has 2 N–H and O–H groups in total. The molecule has 2 aromatic rings. The van der Waals surface area contributed by atoms with E-state index in [1.165, 1.54) is 6.92 Å². The Kier molecular flexibility index (Phi) is 7.73. The van der Waals surface area contributed by atoms with Crippen molar-refractivity contribution >= 4 is 35.0 Å². The van der Waals surface area contributed by atoms with Gasteiger partial charge in [-0.05, 0) is 67.3 Å². The maximum atomic E-state index is 12.2. The number of carboxylic acid groups (broad SMARTS) is 1. The number of carbonyl (C=O) groups excluding carboxylic acids is 1. The summed E-state index contributed by atoms with van der Waals surface area (Å²) < 4.78 is 0. The van der Waals surface area contributed by atoms with Crippen LogP contribution in [0, 0.1) is 36.5 Å². The Morgan fingerprint density at radius 3 is 2.23 bits per heavy atom. The lowest BCUT2D eigenvalue weighted by Gasteiger charge is -2.18. The molecule has 9 heteroatoms. The fourth-order valence-corrected chi connectivity index (χ4v) is 3.32. The summed E-state index contributed by atoms with van der Waals surface area (Å²) in [6.45, 7) is 5.06. The van der Waals surface area contributed by atoms with Gasteiger partial charge in [0.2, 0.25) is 5.71 Å². The summed E-state index contributed by atoms with van der Waals surface area (Å²) in [5, 5.41) is 32.4. The predicted octanol–water partition coefficient (Wildman–Crippen LogP) is 4.43. The van der Waals surface area contributed by atoms with Gasteiger partial charge in [0.25, 0.3) is 5.91 Å². The number of rotatable bonds is 6. The zero-order valence-corrected chi connectivity index (χ0v) is 17.9. The van der Waals surface area contributed by atoms with Crippen LogP contribution in [-0.2, 0) is 4.79 Å². The van der Waals surface area contributed by atoms with Crippen molar-refractivity contribution in [2.45, 2.75) is 26.7 Å². The molecule has 2 aromatic carbocycles. The number of amides is 2. The van der Waals surface area contributed by atoms with Gasteiger partial charge in [-0.2, -0.15) is 15.6 Å². The first kappa shape index (κ1) is 23.4. The molecular weight excluding hydrogens is 418 g/mol. The van der Waals surface area contributed by atoms with E-state index >= 15 is 0 Å². The first-order valence-electron chi connectivity index (χ1n) is 9.28. The minimum atomic E-state index is -1.46. The molecule has 158 valence electrons. The highest BCUT2D eigenvalue weighted by Crippen LogP contribution is 2.32. The summed E-state index contributed by atoms with van der Waals surface area (Å²) in [5.41, 5.74) is 5.80. The second-order valence-corrected chi connectivity index (χ2v) is 7.09. The Morgan fingerprint density at radius 2 is 1.77 bits per heavy atom. The van der Waals surface area contributed by atoms with E-state index in [0.717, 1.165) is 22.3 Å². The molecule has 0 saturated carbocycles. The van der Waals surface area contributed by atoms with Crippen molar-refractivity contribution in [1.29, 1.82) is 10.5 Å². The quantitative estimate of drug-likeness (QED) is 0.507. The number of nitriles is 2. The van der Waals surface area contributed by atoms with Gasteiger partial charge in [0, 0.05) is 11.6 Å². The Hall–Kier alpha value is -3.88. The second-order valence-electron chi connectivity index (χ2n) is 6.65. The Morgan fingerprint density at radius 1 is 1.19 bits per heavy atom. The van der Waals surface area contributed by atoms with E-state index in [1.54, 1.807) is 42.5 Å². The van der Waals surface area contributed by atoms with Crippen molar-refractivity contribution in [2.24, 2.45) is 5.10 Å². The molecule has 2 rings (SSSR count). The van der Waals surface area contributed by atoms with Crippen molar-refractivity contribution in [2.75, 3.05) is 12.0 Å². The van der Waals surface area contributed by atoms with Crippen LogP contribution < -0.4 is 5.43 Å². The van der Waals surface area contributed by atoms with Gasteiger partial charge in [0.05, 0.1) is 17.7 Å². The number of halogens is 1. The molecular formula is C22H20ClN5O3. The molecule has 1 unspecified atom stereocenters. The van der Waals surface area contributed by atoms with Crippen molar-refractivity contribution in [3.05, 3.63) is 63.7 Å². The van der Waals surface area contributed by atoms with Crippen LogP contribution in [0.5, 0.6) is 0 Å². The summed E-state index contributed by atoms with van der Waals surface area (Å²) in [5.74, 6) is -1.51. The number of anilines is 1. The minimum Gasteiger partial charge on any atom is -0.465 e. The number of nitrogens with one attached hydrogen (secondary N) is 1. The third-order valence-corrected chi connectivity index (χ3v) is 4.86. The molecule has 0 aliphatic rings. The molecule has 1 atom stereocenters. The number of nitrogens with zero attached hydrogens (tertiary/aromatic N) is 4. The van der Waals surface area contributed by atoms with Gasteiger partial charge in [-0.25, -0.2) is 9.69 Å². The molecule has 0 saturated heterocycles. The molecule has 0 radical (unpaired) electrons. The monoisotopic (exact) mass is 437 g/mol. The third-order valence-electron chi connectivity index (χ3n) is 4.61. The number of aryl methyl sites for hydroxylation is 2. The number of imide groups is 1. The second kappa shape index (κ2) is 10.2. The number of hydrogen-bond acceptors (Lipinski definition) is 6. The van der Waals surface area contributed by atoms with Crippen LogP contribution >= 0.6 is 11.6 Å². The van der Waals surface area contributed by atoms with E-state index in [4.69, 9.17) is 16.7 Å². The molecule has 0 fully saturated rings. The highest BCUT2D eigenvalue weighted by Gasteiger charge is 2.24. The standard InChI is InChI=1S/C22H20ClN5O3/c1-4-28(22(30)31)21(29)19(12-25)27-26-17-9-13(2)20(14(3)10-17)18(11-24)15-5-7-16(23)8-6-15/h5-10,18,26H,4H2,1-3H3,(H,30,31). The van der Waals surface area contributed by atoms with E-state index < -0.39 is 23.6 Å². The van der Waals surface area contributed by atoms with Crippen LogP contribution in [0.2, 0.25) is 5.02 Å². The lowest BCUT2D eigenvalue weighted by molar-refractivity contribution is -0.121. The van der Waals surface area contributed by atoms with E-state index in [-0.39, 0.29) is 6.54 Å². The largest absolute Gasteiger partial charge is 0.465 e. The summed E-state index contributed by atoms with van der Waals surface area (Å²) >= 11 is 5.94. The summed E-state index contributed by atoms with van der Waals surface area (Å²) in [6.07, 6.45) is -1.46. The van der Waals surface area contributed by atoms with E-state index in [2.05, 4.69) is 16.6 Å². The molecule has 31 heavy (non-hydrogen) atoms. The van der Waals surface area contributed by atoms with Crippen LogP contribution in [0.25, 0.3) is 0 Å². The maximum absolute atomic E-state index is 12.2. The van der Waals surface area contributed by atoms with Gasteiger partial charge in [0.15, 0.2) is 0 Å². The van der Waals surface area contributed by atoms with Gasteiger partial charge in [-0.1, -0.05) is 23.7 Å². The summed E-state index contributed by atoms with van der Waals surface area (Å²) in [6, 6.07) is 14.5. The Balaban J connectivity index is 2.35. The average Bonchev–Trinajstić information content (AvgIpc) is 2.72. The van der Waals surface area contributed by atoms with Crippen molar-refractivity contribution in [1.82, 2.24) is 4.90 Å². The fourth-order valence-electron chi connectivity index (χ4n) is 3.19. The third kappa shape index (κ3) is 5.39. The van der Waals surface area contributed by atoms with Crippen LogP contribution in [0.4, 0.5) is 10.5 Å². The molecule has 0 spiro atoms. The van der Waals surface area contributed by atoms with Gasteiger partial charge in [-0.3, -0.25) is 10.2 Å². The van der Waals surface area contributed by atoms with Crippen LogP contribution in [0.3, 0.4) is 0 Å².